The van der Waals surface area contributed by atoms with Gasteiger partial charge in [-0.05, 0) is 25.1 Å². The van der Waals surface area contributed by atoms with E-state index in [0.29, 0.717) is 5.02 Å². The molecule has 0 heterocycles. The van der Waals surface area contributed by atoms with Crippen molar-refractivity contribution in [3.8, 4) is 5.75 Å². The number of nitrogens with two attached hydrogens (primary N) is 1. The van der Waals surface area contributed by atoms with Gasteiger partial charge in [0.15, 0.2) is 0 Å². The lowest BCUT2D eigenvalue weighted by Crippen LogP contribution is -2.34. The smallest absolute Gasteiger partial charge is 0.121 e. The molecule has 0 aliphatic heterocycles. The fourth-order valence-electron chi connectivity index (χ4n) is 1.03. The van der Waals surface area contributed by atoms with Crippen LogP contribution in [-0.4, -0.2) is 12.1 Å². The molecule has 1 aromatic rings. The highest BCUT2D eigenvalue weighted by Gasteiger charge is 2.10. The van der Waals surface area contributed by atoms with Gasteiger partial charge < -0.3 is 10.5 Å². The van der Waals surface area contributed by atoms with Gasteiger partial charge in [0, 0.05) is 5.02 Å². The van der Waals surface area contributed by atoms with E-state index in [9.17, 15) is 0 Å². The van der Waals surface area contributed by atoms with Crippen molar-refractivity contribution in [1.29, 1.82) is 0 Å². The molecule has 2 unspecified atom stereocenters. The van der Waals surface area contributed by atoms with Gasteiger partial charge in [-0.15, -0.1) is 6.58 Å². The van der Waals surface area contributed by atoms with E-state index in [4.69, 9.17) is 22.1 Å². The summed E-state index contributed by atoms with van der Waals surface area (Å²) in [5, 5.41) is 0.655. The van der Waals surface area contributed by atoms with Gasteiger partial charge in [-0.2, -0.15) is 0 Å². The maximum absolute atomic E-state index is 5.81. The van der Waals surface area contributed by atoms with Crippen LogP contribution in [0.3, 0.4) is 0 Å². The fraction of sp³-hybridized carbons (Fsp3) is 0.273. The van der Waals surface area contributed by atoms with Crippen LogP contribution in [0.15, 0.2) is 36.9 Å². The Hall–Kier alpha value is -0.990. The number of hydrogen-bond acceptors (Lipinski definition) is 2. The first-order valence-corrected chi connectivity index (χ1v) is 4.81. The molecule has 0 aromatic heterocycles. The van der Waals surface area contributed by atoms with Crippen molar-refractivity contribution in [1.82, 2.24) is 0 Å². The molecule has 0 bridgehead atoms. The van der Waals surface area contributed by atoms with Crippen LogP contribution in [0.1, 0.15) is 6.92 Å². The Morgan fingerprint density at radius 1 is 1.57 bits per heavy atom. The largest absolute Gasteiger partial charge is 0.489 e. The van der Waals surface area contributed by atoms with Crippen molar-refractivity contribution >= 4 is 11.6 Å². The number of benzene rings is 1. The standard InChI is InChI=1S/C11H14ClNO/c1-3-11(13)8(2)14-10-6-4-5-9(12)7-10/h3-8,11H,1,13H2,2H3. The predicted octanol–water partition coefficient (Wildman–Crippen LogP) is 2.62. The summed E-state index contributed by atoms with van der Waals surface area (Å²) in [6, 6.07) is 7.07. The van der Waals surface area contributed by atoms with Crippen LogP contribution in [0.4, 0.5) is 0 Å². The van der Waals surface area contributed by atoms with Gasteiger partial charge in [-0.1, -0.05) is 23.7 Å². The molecule has 1 aromatic carbocycles. The van der Waals surface area contributed by atoms with Gasteiger partial charge in [-0.3, -0.25) is 0 Å². The van der Waals surface area contributed by atoms with Gasteiger partial charge >= 0.3 is 0 Å². The zero-order valence-electron chi connectivity index (χ0n) is 8.11. The summed E-state index contributed by atoms with van der Waals surface area (Å²) in [5.74, 6) is 0.724. The molecule has 0 saturated carbocycles. The van der Waals surface area contributed by atoms with Gasteiger partial charge in [0.1, 0.15) is 11.9 Å². The van der Waals surface area contributed by atoms with Crippen LogP contribution in [-0.2, 0) is 0 Å². The Morgan fingerprint density at radius 3 is 2.86 bits per heavy atom. The third-order valence-electron chi connectivity index (χ3n) is 1.93. The average Bonchev–Trinajstić information content (AvgIpc) is 2.16. The summed E-state index contributed by atoms with van der Waals surface area (Å²) in [7, 11) is 0. The second-order valence-corrected chi connectivity index (χ2v) is 3.53. The maximum atomic E-state index is 5.81. The van der Waals surface area contributed by atoms with Crippen molar-refractivity contribution in [2.45, 2.75) is 19.1 Å². The highest BCUT2D eigenvalue weighted by Crippen LogP contribution is 2.18. The number of ether oxygens (including phenoxy) is 1. The molecule has 0 aliphatic carbocycles. The van der Waals surface area contributed by atoms with Crippen molar-refractivity contribution in [3.05, 3.63) is 41.9 Å². The van der Waals surface area contributed by atoms with E-state index in [-0.39, 0.29) is 12.1 Å². The molecule has 76 valence electrons. The van der Waals surface area contributed by atoms with Gasteiger partial charge in [-0.25, -0.2) is 0 Å². The minimum atomic E-state index is -0.172. The van der Waals surface area contributed by atoms with E-state index in [1.807, 2.05) is 19.1 Å². The molecule has 3 heteroatoms. The van der Waals surface area contributed by atoms with Crippen molar-refractivity contribution in [2.75, 3.05) is 0 Å². The van der Waals surface area contributed by atoms with Crippen molar-refractivity contribution < 1.29 is 4.74 Å². The summed E-state index contributed by atoms with van der Waals surface area (Å²) in [6.07, 6.45) is 1.56. The van der Waals surface area contributed by atoms with E-state index < -0.39 is 0 Å². The first-order valence-electron chi connectivity index (χ1n) is 4.44. The minimum absolute atomic E-state index is 0.106. The molecule has 0 aliphatic rings. The topological polar surface area (TPSA) is 35.2 Å². The quantitative estimate of drug-likeness (QED) is 0.778. The van der Waals surface area contributed by atoms with Crippen LogP contribution in [0.2, 0.25) is 5.02 Å². The molecule has 2 nitrogen and oxygen atoms in total. The summed E-state index contributed by atoms with van der Waals surface area (Å²) < 4.78 is 5.57. The second kappa shape index (κ2) is 5.03. The van der Waals surface area contributed by atoms with Crippen LogP contribution in [0.25, 0.3) is 0 Å². The molecule has 2 N–H and O–H groups in total. The molecular formula is C11H14ClNO. The highest BCUT2D eigenvalue weighted by molar-refractivity contribution is 6.30. The van der Waals surface area contributed by atoms with E-state index in [1.54, 1.807) is 18.2 Å². The van der Waals surface area contributed by atoms with Crippen molar-refractivity contribution in [2.24, 2.45) is 5.73 Å². The van der Waals surface area contributed by atoms with Gasteiger partial charge in [0.25, 0.3) is 0 Å². The first kappa shape index (κ1) is 11.1. The minimum Gasteiger partial charge on any atom is -0.489 e. The molecule has 1 rings (SSSR count). The Morgan fingerprint density at radius 2 is 2.29 bits per heavy atom. The SMILES string of the molecule is C=CC(N)C(C)Oc1cccc(Cl)c1. The Balaban J connectivity index is 2.64. The highest BCUT2D eigenvalue weighted by atomic mass is 35.5. The number of halogens is 1. The second-order valence-electron chi connectivity index (χ2n) is 3.09. The normalized spacial score (nSPS) is 14.5. The molecular weight excluding hydrogens is 198 g/mol. The van der Waals surface area contributed by atoms with Crippen LogP contribution < -0.4 is 10.5 Å². The Labute approximate surface area is 89.3 Å². The third kappa shape index (κ3) is 3.05. The van der Waals surface area contributed by atoms with Crippen LogP contribution in [0, 0.1) is 0 Å². The van der Waals surface area contributed by atoms with Crippen LogP contribution >= 0.6 is 11.6 Å². The molecule has 0 amide bonds. The Bertz CT molecular complexity index is 314. The van der Waals surface area contributed by atoms with Crippen LogP contribution in [0.5, 0.6) is 5.75 Å². The summed E-state index contributed by atoms with van der Waals surface area (Å²) in [4.78, 5) is 0. The van der Waals surface area contributed by atoms with Crippen molar-refractivity contribution in [3.63, 3.8) is 0 Å². The lowest BCUT2D eigenvalue weighted by molar-refractivity contribution is 0.207. The molecule has 2 atom stereocenters. The van der Waals surface area contributed by atoms with E-state index in [2.05, 4.69) is 6.58 Å². The number of rotatable bonds is 4. The average molecular weight is 212 g/mol. The lowest BCUT2D eigenvalue weighted by Gasteiger charge is -2.18. The van der Waals surface area contributed by atoms with E-state index in [0.717, 1.165) is 5.75 Å². The summed E-state index contributed by atoms with van der Waals surface area (Å²) >= 11 is 5.81. The lowest BCUT2D eigenvalue weighted by atomic mass is 10.2. The van der Waals surface area contributed by atoms with Gasteiger partial charge in [0.2, 0.25) is 0 Å². The summed E-state index contributed by atoms with van der Waals surface area (Å²) in [6.45, 7) is 5.51. The fourth-order valence-corrected chi connectivity index (χ4v) is 1.21. The third-order valence-corrected chi connectivity index (χ3v) is 2.17. The molecule has 14 heavy (non-hydrogen) atoms. The maximum Gasteiger partial charge on any atom is 0.121 e. The Kier molecular flexibility index (Phi) is 3.98. The zero-order chi connectivity index (χ0) is 10.6. The number of hydrogen-bond donors (Lipinski definition) is 1. The molecule has 0 spiro atoms. The van der Waals surface area contributed by atoms with E-state index in [1.165, 1.54) is 0 Å². The molecule has 0 radical (unpaired) electrons. The summed E-state index contributed by atoms with van der Waals surface area (Å²) in [5.41, 5.74) is 5.73. The molecule has 0 saturated heterocycles. The predicted molar refractivity (Wildman–Crippen MR) is 59.7 cm³/mol. The monoisotopic (exact) mass is 211 g/mol. The van der Waals surface area contributed by atoms with E-state index >= 15 is 0 Å². The zero-order valence-corrected chi connectivity index (χ0v) is 8.87. The first-order chi connectivity index (χ1) is 6.63. The van der Waals surface area contributed by atoms with Gasteiger partial charge in [0.05, 0.1) is 6.04 Å². The molecule has 0 fully saturated rings.